The summed E-state index contributed by atoms with van der Waals surface area (Å²) in [6.07, 6.45) is 7.18. The highest BCUT2D eigenvalue weighted by atomic mass is 35.5. The molecule has 38 heavy (non-hydrogen) atoms. The molecule has 2 atom stereocenters. The number of hydrogen-bond donors (Lipinski definition) is 1. The van der Waals surface area contributed by atoms with Crippen molar-refractivity contribution in [3.63, 3.8) is 0 Å². The molecule has 13 heteroatoms. The third kappa shape index (κ3) is 4.13. The number of rotatable bonds is 5. The Kier molecular flexibility index (Phi) is 5.76. The summed E-state index contributed by atoms with van der Waals surface area (Å²) in [5, 5.41) is 12.7. The molecule has 6 rings (SSSR count). The molecule has 5 aromatic heterocycles. The Morgan fingerprint density at radius 3 is 2.68 bits per heavy atom. The minimum Gasteiger partial charge on any atom is -0.450 e. The van der Waals surface area contributed by atoms with E-state index in [1.54, 1.807) is 33.9 Å². The number of aryl methyl sites for hydroxylation is 1. The molecule has 198 valence electrons. The van der Waals surface area contributed by atoms with E-state index in [0.717, 1.165) is 5.69 Å². The number of likely N-dealkylation sites (N-methyl/N-ethyl adjacent to an activating group) is 1. The molecular weight excluding hydrogens is 511 g/mol. The Balaban J connectivity index is 1.34. The monoisotopic (exact) mass is 538 g/mol. The number of ether oxygens (including phenoxy) is 1. The van der Waals surface area contributed by atoms with Crippen LogP contribution in [0.4, 0.5) is 16.2 Å². The van der Waals surface area contributed by atoms with Crippen molar-refractivity contribution >= 4 is 40.0 Å². The highest BCUT2D eigenvalue weighted by Gasteiger charge is 2.36. The van der Waals surface area contributed by atoms with Gasteiger partial charge in [0.15, 0.2) is 23.0 Å². The molecule has 0 saturated carbocycles. The Bertz CT molecular complexity index is 1650. The first-order valence-corrected chi connectivity index (χ1v) is 12.6. The van der Waals surface area contributed by atoms with E-state index in [1.165, 1.54) is 6.20 Å². The topological polar surface area (TPSA) is 103 Å². The fourth-order valence-corrected chi connectivity index (χ4v) is 5.15. The zero-order valence-electron chi connectivity index (χ0n) is 21.7. The number of aromatic nitrogens is 8. The van der Waals surface area contributed by atoms with Crippen molar-refractivity contribution in [1.82, 2.24) is 43.8 Å². The lowest BCUT2D eigenvalue weighted by atomic mass is 9.91. The molecule has 1 aliphatic rings. The first kappa shape index (κ1) is 24.6. The summed E-state index contributed by atoms with van der Waals surface area (Å²) in [7, 11) is 3.76. The van der Waals surface area contributed by atoms with Crippen molar-refractivity contribution in [2.45, 2.75) is 38.4 Å². The van der Waals surface area contributed by atoms with E-state index >= 15 is 0 Å². The van der Waals surface area contributed by atoms with E-state index in [-0.39, 0.29) is 11.5 Å². The van der Waals surface area contributed by atoms with Crippen molar-refractivity contribution < 1.29 is 9.13 Å². The van der Waals surface area contributed by atoms with Gasteiger partial charge in [-0.25, -0.2) is 13.9 Å². The van der Waals surface area contributed by atoms with Gasteiger partial charge < -0.3 is 19.5 Å². The number of pyridine rings is 1. The summed E-state index contributed by atoms with van der Waals surface area (Å²) < 4.78 is 26.2. The fourth-order valence-electron chi connectivity index (χ4n) is 4.85. The fraction of sp³-hybridized carbons (Fsp3) is 0.400. The highest BCUT2D eigenvalue weighted by Crippen LogP contribution is 2.37. The Morgan fingerprint density at radius 1 is 1.13 bits per heavy atom. The molecule has 5 aromatic rings. The van der Waals surface area contributed by atoms with Crippen LogP contribution in [0.2, 0.25) is 5.02 Å². The van der Waals surface area contributed by atoms with E-state index in [9.17, 15) is 4.39 Å². The van der Waals surface area contributed by atoms with Gasteiger partial charge in [-0.2, -0.15) is 15.2 Å². The number of halogens is 2. The Morgan fingerprint density at radius 2 is 1.95 bits per heavy atom. The van der Waals surface area contributed by atoms with Gasteiger partial charge in [0.05, 0.1) is 24.6 Å². The van der Waals surface area contributed by atoms with Gasteiger partial charge in [-0.05, 0) is 7.05 Å². The summed E-state index contributed by atoms with van der Waals surface area (Å²) in [6, 6.07) is 1.60. The van der Waals surface area contributed by atoms with Crippen LogP contribution in [0.1, 0.15) is 32.5 Å². The molecule has 1 aliphatic heterocycles. The van der Waals surface area contributed by atoms with Crippen LogP contribution >= 0.6 is 11.6 Å². The van der Waals surface area contributed by atoms with Crippen molar-refractivity contribution in [3.05, 3.63) is 47.8 Å². The molecule has 1 saturated heterocycles. The molecule has 0 radical (unpaired) electrons. The summed E-state index contributed by atoms with van der Waals surface area (Å²) >= 11 is 6.77. The van der Waals surface area contributed by atoms with Crippen molar-refractivity contribution in [3.8, 4) is 11.5 Å². The molecule has 6 heterocycles. The smallest absolute Gasteiger partial charge is 0.210 e. The van der Waals surface area contributed by atoms with E-state index in [0.29, 0.717) is 58.1 Å². The molecule has 0 amide bonds. The van der Waals surface area contributed by atoms with Crippen LogP contribution in [-0.4, -0.2) is 70.1 Å². The number of imidazole rings is 1. The van der Waals surface area contributed by atoms with Crippen LogP contribution in [0, 0.1) is 0 Å². The molecule has 0 spiro atoms. The van der Waals surface area contributed by atoms with Crippen LogP contribution in [0.3, 0.4) is 0 Å². The number of nitrogens with one attached hydrogen (secondary N) is 1. The lowest BCUT2D eigenvalue weighted by molar-refractivity contribution is 0.258. The molecular formula is C25H28ClFN10O. The maximum absolute atomic E-state index is 14.9. The predicted molar refractivity (Wildman–Crippen MR) is 142 cm³/mol. The molecule has 2 unspecified atom stereocenters. The normalized spacial score (nSPS) is 18.6. The first-order chi connectivity index (χ1) is 18.1. The number of nitrogens with zero attached hydrogens (tertiary/aromatic N) is 9. The number of anilines is 2. The average Bonchev–Trinajstić information content (AvgIpc) is 3.62. The third-order valence-electron chi connectivity index (χ3n) is 6.77. The third-order valence-corrected chi connectivity index (χ3v) is 7.14. The van der Waals surface area contributed by atoms with Gasteiger partial charge in [-0.3, -0.25) is 9.67 Å². The number of fused-ring (bicyclic) bond motifs is 2. The molecule has 1 N–H and O–H groups in total. The number of alkyl halides is 1. The van der Waals surface area contributed by atoms with Crippen LogP contribution in [0.5, 0.6) is 11.5 Å². The lowest BCUT2D eigenvalue weighted by Gasteiger charge is -2.24. The van der Waals surface area contributed by atoms with Crippen molar-refractivity contribution in [2.24, 2.45) is 7.05 Å². The second-order valence-electron chi connectivity index (χ2n) is 10.7. The maximum Gasteiger partial charge on any atom is 0.210 e. The van der Waals surface area contributed by atoms with Gasteiger partial charge in [0.25, 0.3) is 0 Å². The number of likely N-dealkylation sites (tertiary alicyclic amines) is 1. The van der Waals surface area contributed by atoms with Crippen molar-refractivity contribution in [2.75, 3.05) is 25.5 Å². The quantitative estimate of drug-likeness (QED) is 0.348. The van der Waals surface area contributed by atoms with Crippen LogP contribution in [0.15, 0.2) is 37.1 Å². The summed E-state index contributed by atoms with van der Waals surface area (Å²) in [4.78, 5) is 15.2. The molecule has 0 bridgehead atoms. The second-order valence-corrected chi connectivity index (χ2v) is 11.0. The SMILES string of the molecule is CN1CC(F)C(n2nc(Nc3nc4ncc(Oc5cnn6ccncc56)c(Cl)c4n3C)cc2C(C)(C)C)C1. The minimum absolute atomic E-state index is 0.231. The van der Waals surface area contributed by atoms with Gasteiger partial charge >= 0.3 is 0 Å². The largest absolute Gasteiger partial charge is 0.450 e. The first-order valence-electron chi connectivity index (χ1n) is 12.3. The Labute approximate surface area is 223 Å². The summed E-state index contributed by atoms with van der Waals surface area (Å²) in [5.74, 6) is 1.94. The number of hydrogen-bond acceptors (Lipinski definition) is 8. The summed E-state index contributed by atoms with van der Waals surface area (Å²) in [6.45, 7) is 7.27. The Hall–Kier alpha value is -3.77. The molecule has 11 nitrogen and oxygen atoms in total. The summed E-state index contributed by atoms with van der Waals surface area (Å²) in [5.41, 5.74) is 2.45. The van der Waals surface area contributed by atoms with Crippen LogP contribution in [0.25, 0.3) is 16.7 Å². The minimum atomic E-state index is -0.991. The predicted octanol–water partition coefficient (Wildman–Crippen LogP) is 4.52. The average molecular weight is 539 g/mol. The van der Waals surface area contributed by atoms with Gasteiger partial charge in [-0.1, -0.05) is 32.4 Å². The van der Waals surface area contributed by atoms with Gasteiger partial charge in [0.2, 0.25) is 5.95 Å². The second kappa shape index (κ2) is 8.91. The van der Waals surface area contributed by atoms with Crippen molar-refractivity contribution in [1.29, 1.82) is 0 Å². The van der Waals surface area contributed by atoms with Gasteiger partial charge in [0.1, 0.15) is 22.2 Å². The lowest BCUT2D eigenvalue weighted by Crippen LogP contribution is -2.27. The zero-order valence-corrected chi connectivity index (χ0v) is 22.5. The van der Waals surface area contributed by atoms with E-state index in [4.69, 9.17) is 21.4 Å². The van der Waals surface area contributed by atoms with Crippen LogP contribution < -0.4 is 10.1 Å². The van der Waals surface area contributed by atoms with Crippen LogP contribution in [-0.2, 0) is 12.5 Å². The molecule has 0 aliphatic carbocycles. The molecule has 0 aromatic carbocycles. The highest BCUT2D eigenvalue weighted by molar-refractivity contribution is 6.36. The molecule has 1 fully saturated rings. The van der Waals surface area contributed by atoms with Gasteiger partial charge in [-0.15, -0.1) is 0 Å². The van der Waals surface area contributed by atoms with E-state index in [2.05, 4.69) is 46.1 Å². The standard InChI is InChI=1S/C25H28ClFN10O/c1-25(2,3)19-8-20(33-37(19)16-13-34(4)12-14(16)27)31-24-32-23-22(35(24)5)21(26)18(10-29-23)38-17-11-30-36-7-6-28-9-15(17)36/h6-11,14,16H,12-13H2,1-5H3,(H,29,31,32,33). The maximum atomic E-state index is 14.9. The van der Waals surface area contributed by atoms with Gasteiger partial charge in [0, 0.05) is 49.7 Å². The zero-order chi connectivity index (χ0) is 26.8. The van der Waals surface area contributed by atoms with E-state index < -0.39 is 6.17 Å². The van der Waals surface area contributed by atoms with E-state index in [1.807, 2.05) is 29.7 Å².